The lowest BCUT2D eigenvalue weighted by molar-refractivity contribution is 0.177. The van der Waals surface area contributed by atoms with Crippen LogP contribution in [0.15, 0.2) is 0 Å². The topological polar surface area (TPSA) is 58.6 Å². The molecule has 0 spiro atoms. The predicted molar refractivity (Wildman–Crippen MR) is 52.6 cm³/mol. The molecule has 0 radical (unpaired) electrons. The summed E-state index contributed by atoms with van der Waals surface area (Å²) in [6.45, 7) is 3.13. The molecular weight excluding hydrogens is 204 g/mol. The Morgan fingerprint density at radius 3 is 2.93 bits per heavy atom. The Bertz CT molecular complexity index is 285. The molecule has 1 atom stereocenters. The summed E-state index contributed by atoms with van der Waals surface area (Å²) in [6, 6.07) is 0.0694. The highest BCUT2D eigenvalue weighted by Crippen LogP contribution is 2.17. The maximum atomic E-state index is 11.8. The summed E-state index contributed by atoms with van der Waals surface area (Å²) >= 11 is 0. The van der Waals surface area contributed by atoms with Crippen LogP contribution in [0.5, 0.6) is 0 Å². The van der Waals surface area contributed by atoms with Crippen LogP contribution < -0.4 is 5.32 Å². The molecule has 1 N–H and O–H groups in total. The van der Waals surface area contributed by atoms with Gasteiger partial charge in [-0.2, -0.15) is 4.31 Å². The van der Waals surface area contributed by atoms with Crippen molar-refractivity contribution in [1.29, 1.82) is 0 Å². The molecule has 0 amide bonds. The average molecular weight is 220 g/mol. The van der Waals surface area contributed by atoms with Gasteiger partial charge in [0, 0.05) is 26.2 Å². The second-order valence-corrected chi connectivity index (χ2v) is 5.74. The van der Waals surface area contributed by atoms with E-state index in [1.165, 1.54) is 0 Å². The number of nitrogens with zero attached hydrogens (tertiary/aromatic N) is 1. The average Bonchev–Trinajstić information content (AvgIpc) is 2.57. The SMILES string of the molecule is O=S1(=O)CCNCCN1C1CCOC1. The fraction of sp³-hybridized carbons (Fsp3) is 1.00. The van der Waals surface area contributed by atoms with E-state index in [-0.39, 0.29) is 11.8 Å². The van der Waals surface area contributed by atoms with Crippen molar-refractivity contribution >= 4 is 10.0 Å². The van der Waals surface area contributed by atoms with Crippen molar-refractivity contribution in [3.05, 3.63) is 0 Å². The van der Waals surface area contributed by atoms with E-state index >= 15 is 0 Å². The lowest BCUT2D eigenvalue weighted by Gasteiger charge is -2.24. The number of hydrogen-bond acceptors (Lipinski definition) is 4. The molecular formula is C8H16N2O3S. The van der Waals surface area contributed by atoms with Crippen molar-refractivity contribution in [3.63, 3.8) is 0 Å². The molecule has 6 heteroatoms. The number of nitrogens with one attached hydrogen (secondary N) is 1. The van der Waals surface area contributed by atoms with E-state index in [2.05, 4.69) is 5.32 Å². The van der Waals surface area contributed by atoms with Crippen molar-refractivity contribution in [2.45, 2.75) is 12.5 Å². The fourth-order valence-corrected chi connectivity index (χ4v) is 3.56. The van der Waals surface area contributed by atoms with Gasteiger partial charge in [-0.15, -0.1) is 0 Å². The van der Waals surface area contributed by atoms with Crippen LogP contribution in [-0.4, -0.2) is 57.4 Å². The maximum Gasteiger partial charge on any atom is 0.215 e. The zero-order chi connectivity index (χ0) is 10.0. The second kappa shape index (κ2) is 4.14. The molecule has 2 heterocycles. The van der Waals surface area contributed by atoms with Gasteiger partial charge in [-0.3, -0.25) is 0 Å². The van der Waals surface area contributed by atoms with Crippen molar-refractivity contribution in [2.24, 2.45) is 0 Å². The van der Waals surface area contributed by atoms with E-state index in [1.54, 1.807) is 4.31 Å². The number of rotatable bonds is 1. The van der Waals surface area contributed by atoms with E-state index in [9.17, 15) is 8.42 Å². The second-order valence-electron chi connectivity index (χ2n) is 3.69. The van der Waals surface area contributed by atoms with Gasteiger partial charge in [-0.1, -0.05) is 0 Å². The largest absolute Gasteiger partial charge is 0.380 e. The standard InChI is InChI=1S/C8H16N2O3S/c11-14(12)6-3-9-2-4-10(14)8-1-5-13-7-8/h8-9H,1-7H2. The van der Waals surface area contributed by atoms with Crippen molar-refractivity contribution < 1.29 is 13.2 Å². The van der Waals surface area contributed by atoms with E-state index in [0.29, 0.717) is 26.3 Å². The Kier molecular flexibility index (Phi) is 3.06. The first kappa shape index (κ1) is 10.4. The van der Waals surface area contributed by atoms with Crippen molar-refractivity contribution in [2.75, 3.05) is 38.6 Å². The molecule has 0 aliphatic carbocycles. The van der Waals surface area contributed by atoms with Crippen LogP contribution in [0.2, 0.25) is 0 Å². The van der Waals surface area contributed by atoms with Crippen LogP contribution in [0.3, 0.4) is 0 Å². The van der Waals surface area contributed by atoms with Crippen LogP contribution in [0, 0.1) is 0 Å². The van der Waals surface area contributed by atoms with Crippen LogP contribution in [0.1, 0.15) is 6.42 Å². The lowest BCUT2D eigenvalue weighted by Crippen LogP contribution is -2.42. The Labute approximate surface area is 84.5 Å². The van der Waals surface area contributed by atoms with Crippen molar-refractivity contribution in [1.82, 2.24) is 9.62 Å². The Balaban J connectivity index is 2.12. The third-order valence-corrected chi connectivity index (χ3v) is 4.63. The Morgan fingerprint density at radius 1 is 1.36 bits per heavy atom. The summed E-state index contributed by atoms with van der Waals surface area (Å²) in [5.74, 6) is 0.212. The molecule has 2 fully saturated rings. The first-order valence-electron chi connectivity index (χ1n) is 4.98. The predicted octanol–water partition coefficient (Wildman–Crippen LogP) is -0.990. The molecule has 2 saturated heterocycles. The van der Waals surface area contributed by atoms with Gasteiger partial charge in [0.05, 0.1) is 18.4 Å². The van der Waals surface area contributed by atoms with Crippen LogP contribution in [-0.2, 0) is 14.8 Å². The zero-order valence-corrected chi connectivity index (χ0v) is 8.92. The van der Waals surface area contributed by atoms with Crippen molar-refractivity contribution in [3.8, 4) is 0 Å². The normalized spacial score (nSPS) is 34.1. The van der Waals surface area contributed by atoms with E-state index in [1.807, 2.05) is 0 Å². The molecule has 0 aromatic carbocycles. The summed E-state index contributed by atoms with van der Waals surface area (Å²) < 4.78 is 30.5. The molecule has 14 heavy (non-hydrogen) atoms. The molecule has 2 aliphatic rings. The third-order valence-electron chi connectivity index (χ3n) is 2.72. The van der Waals surface area contributed by atoms with Gasteiger partial charge in [-0.25, -0.2) is 8.42 Å². The summed E-state index contributed by atoms with van der Waals surface area (Å²) in [5.41, 5.74) is 0. The molecule has 82 valence electrons. The monoisotopic (exact) mass is 220 g/mol. The highest BCUT2D eigenvalue weighted by atomic mass is 32.2. The zero-order valence-electron chi connectivity index (χ0n) is 8.11. The van der Waals surface area contributed by atoms with Gasteiger partial charge in [-0.05, 0) is 6.42 Å². The first-order chi connectivity index (χ1) is 6.70. The summed E-state index contributed by atoms with van der Waals surface area (Å²) in [6.07, 6.45) is 0.833. The van der Waals surface area contributed by atoms with Gasteiger partial charge >= 0.3 is 0 Å². The number of hydrogen-bond donors (Lipinski definition) is 1. The smallest absolute Gasteiger partial charge is 0.215 e. The molecule has 2 rings (SSSR count). The van der Waals surface area contributed by atoms with Gasteiger partial charge in [0.25, 0.3) is 0 Å². The molecule has 2 aliphatic heterocycles. The lowest BCUT2D eigenvalue weighted by atomic mass is 10.2. The third kappa shape index (κ3) is 2.08. The highest BCUT2D eigenvalue weighted by molar-refractivity contribution is 7.89. The van der Waals surface area contributed by atoms with Crippen LogP contribution >= 0.6 is 0 Å². The fourth-order valence-electron chi connectivity index (χ4n) is 1.93. The van der Waals surface area contributed by atoms with Gasteiger partial charge in [0.1, 0.15) is 0 Å². The minimum absolute atomic E-state index is 0.0694. The van der Waals surface area contributed by atoms with Crippen LogP contribution in [0.4, 0.5) is 0 Å². The maximum absolute atomic E-state index is 11.8. The van der Waals surface area contributed by atoms with Gasteiger partial charge in [0.2, 0.25) is 10.0 Å². The molecule has 0 aromatic heterocycles. The molecule has 5 nitrogen and oxygen atoms in total. The van der Waals surface area contributed by atoms with Gasteiger partial charge < -0.3 is 10.1 Å². The molecule has 0 saturated carbocycles. The minimum Gasteiger partial charge on any atom is -0.380 e. The van der Waals surface area contributed by atoms with Crippen LogP contribution in [0.25, 0.3) is 0 Å². The molecule has 0 bridgehead atoms. The Hall–Kier alpha value is -0.170. The minimum atomic E-state index is -3.05. The summed E-state index contributed by atoms with van der Waals surface area (Å²) in [4.78, 5) is 0. The number of ether oxygens (including phenoxy) is 1. The Morgan fingerprint density at radius 2 is 2.21 bits per heavy atom. The summed E-state index contributed by atoms with van der Waals surface area (Å²) in [7, 11) is -3.05. The summed E-state index contributed by atoms with van der Waals surface area (Å²) in [5, 5.41) is 3.09. The molecule has 1 unspecified atom stereocenters. The number of sulfonamides is 1. The molecule has 0 aromatic rings. The van der Waals surface area contributed by atoms with E-state index in [0.717, 1.165) is 13.0 Å². The van der Waals surface area contributed by atoms with Gasteiger partial charge in [0.15, 0.2) is 0 Å². The van der Waals surface area contributed by atoms with E-state index in [4.69, 9.17) is 4.74 Å². The highest BCUT2D eigenvalue weighted by Gasteiger charge is 2.33. The quantitative estimate of drug-likeness (QED) is 0.616. The first-order valence-corrected chi connectivity index (χ1v) is 6.59. The van der Waals surface area contributed by atoms with E-state index < -0.39 is 10.0 Å².